The Bertz CT molecular complexity index is 638. The zero-order valence-electron chi connectivity index (χ0n) is 10.5. The van der Waals surface area contributed by atoms with Gasteiger partial charge < -0.3 is 0 Å². The van der Waals surface area contributed by atoms with Gasteiger partial charge in [0.1, 0.15) is 4.90 Å². The summed E-state index contributed by atoms with van der Waals surface area (Å²) in [6.45, 7) is 5.29. The smallest absolute Gasteiger partial charge is 0.265 e. The summed E-state index contributed by atoms with van der Waals surface area (Å²) in [4.78, 5) is 0.211. The lowest BCUT2D eigenvalue weighted by molar-refractivity contribution is 0.600. The average molecular weight is 265 g/mol. The number of nitrogens with zero attached hydrogens (tertiary/aromatic N) is 1. The van der Waals surface area contributed by atoms with Crippen LogP contribution in [0.3, 0.4) is 0 Å². The molecular weight excluding hydrogens is 250 g/mol. The number of rotatable bonds is 3. The molecule has 1 aromatic carbocycles. The van der Waals surface area contributed by atoms with Crippen molar-refractivity contribution in [3.8, 4) is 0 Å². The largest absolute Gasteiger partial charge is 0.281 e. The Morgan fingerprint density at radius 2 is 1.72 bits per heavy atom. The Kier molecular flexibility index (Phi) is 3.13. The highest BCUT2D eigenvalue weighted by molar-refractivity contribution is 7.92. The van der Waals surface area contributed by atoms with Gasteiger partial charge in [0, 0.05) is 5.69 Å². The second-order valence-corrected chi connectivity index (χ2v) is 5.85. The third-order valence-corrected chi connectivity index (χ3v) is 4.28. The topological polar surface area (TPSA) is 74.8 Å². The Labute approximate surface area is 106 Å². The summed E-state index contributed by atoms with van der Waals surface area (Å²) < 4.78 is 27.0. The van der Waals surface area contributed by atoms with Crippen LogP contribution in [0.1, 0.15) is 17.0 Å². The molecule has 2 N–H and O–H groups in total. The zero-order chi connectivity index (χ0) is 13.3. The minimum Gasteiger partial charge on any atom is -0.281 e. The van der Waals surface area contributed by atoms with E-state index in [1.165, 1.54) is 0 Å². The van der Waals surface area contributed by atoms with E-state index in [1.807, 2.05) is 19.1 Å². The van der Waals surface area contributed by atoms with Gasteiger partial charge in [-0.2, -0.15) is 5.10 Å². The molecule has 6 heteroatoms. The summed E-state index contributed by atoms with van der Waals surface area (Å²) in [5.74, 6) is 0. The minimum atomic E-state index is -3.59. The normalized spacial score (nSPS) is 11.5. The van der Waals surface area contributed by atoms with E-state index < -0.39 is 10.0 Å². The maximum absolute atomic E-state index is 12.2. The van der Waals surface area contributed by atoms with Gasteiger partial charge >= 0.3 is 0 Å². The molecule has 1 heterocycles. The number of aromatic nitrogens is 2. The maximum Gasteiger partial charge on any atom is 0.265 e. The highest BCUT2D eigenvalue weighted by Crippen LogP contribution is 2.20. The molecule has 96 valence electrons. The molecule has 0 radical (unpaired) electrons. The first-order valence-corrected chi connectivity index (χ1v) is 6.99. The number of H-pyrrole nitrogens is 1. The third kappa shape index (κ3) is 2.38. The lowest BCUT2D eigenvalue weighted by Crippen LogP contribution is -2.14. The molecule has 2 aromatic rings. The van der Waals surface area contributed by atoms with Crippen molar-refractivity contribution < 1.29 is 8.42 Å². The van der Waals surface area contributed by atoms with Gasteiger partial charge in [-0.05, 0) is 32.9 Å². The number of nitrogens with one attached hydrogen (secondary N) is 2. The Morgan fingerprint density at radius 3 is 2.22 bits per heavy atom. The first-order valence-electron chi connectivity index (χ1n) is 5.51. The van der Waals surface area contributed by atoms with Crippen LogP contribution in [0.4, 0.5) is 5.69 Å². The molecule has 0 atom stereocenters. The van der Waals surface area contributed by atoms with Crippen molar-refractivity contribution in [2.45, 2.75) is 25.7 Å². The van der Waals surface area contributed by atoms with Crippen LogP contribution in [0.2, 0.25) is 0 Å². The summed E-state index contributed by atoms with van der Waals surface area (Å²) in [6.07, 6.45) is 0. The molecule has 0 spiro atoms. The predicted molar refractivity (Wildman–Crippen MR) is 70.0 cm³/mol. The summed E-state index contributed by atoms with van der Waals surface area (Å²) in [7, 11) is -3.59. The first-order chi connectivity index (χ1) is 8.40. The SMILES string of the molecule is Cc1ccc(NS(=O)(=O)c2c(C)n[nH]c2C)cc1. The number of anilines is 1. The summed E-state index contributed by atoms with van der Waals surface area (Å²) in [5, 5.41) is 6.56. The fourth-order valence-corrected chi connectivity index (χ4v) is 3.20. The van der Waals surface area contributed by atoms with Crippen LogP contribution in [0.5, 0.6) is 0 Å². The fourth-order valence-electron chi connectivity index (χ4n) is 1.76. The second kappa shape index (κ2) is 4.45. The quantitative estimate of drug-likeness (QED) is 0.892. The number of aryl methyl sites for hydroxylation is 3. The van der Waals surface area contributed by atoms with Crippen LogP contribution in [-0.2, 0) is 10.0 Å². The van der Waals surface area contributed by atoms with E-state index in [1.54, 1.807) is 26.0 Å². The second-order valence-electron chi connectivity index (χ2n) is 4.23. The molecule has 0 aliphatic rings. The Hall–Kier alpha value is -1.82. The third-order valence-electron chi connectivity index (χ3n) is 2.63. The fraction of sp³-hybridized carbons (Fsp3) is 0.250. The molecule has 0 saturated carbocycles. The van der Waals surface area contributed by atoms with E-state index in [0.717, 1.165) is 5.56 Å². The van der Waals surface area contributed by atoms with Crippen molar-refractivity contribution >= 4 is 15.7 Å². The number of sulfonamides is 1. The number of hydrogen-bond donors (Lipinski definition) is 2. The molecular formula is C12H15N3O2S. The highest BCUT2D eigenvalue weighted by Gasteiger charge is 2.22. The van der Waals surface area contributed by atoms with E-state index in [2.05, 4.69) is 14.9 Å². The predicted octanol–water partition coefficient (Wildman–Crippen LogP) is 2.14. The molecule has 0 bridgehead atoms. The average Bonchev–Trinajstić information content (AvgIpc) is 2.62. The summed E-state index contributed by atoms with van der Waals surface area (Å²) in [6, 6.07) is 7.18. The van der Waals surface area contributed by atoms with Crippen molar-refractivity contribution in [3.63, 3.8) is 0 Å². The van der Waals surface area contributed by atoms with Crippen molar-refractivity contribution in [1.29, 1.82) is 0 Å². The molecule has 0 aliphatic carbocycles. The first kappa shape index (κ1) is 12.6. The van der Waals surface area contributed by atoms with Crippen LogP contribution in [-0.4, -0.2) is 18.6 Å². The number of benzene rings is 1. The number of aromatic amines is 1. The van der Waals surface area contributed by atoms with E-state index in [9.17, 15) is 8.42 Å². The molecule has 0 fully saturated rings. The van der Waals surface area contributed by atoms with Gasteiger partial charge in [0.05, 0.1) is 11.4 Å². The summed E-state index contributed by atoms with van der Waals surface area (Å²) in [5.41, 5.74) is 2.62. The van der Waals surface area contributed by atoms with Gasteiger partial charge in [-0.15, -0.1) is 0 Å². The molecule has 0 saturated heterocycles. The van der Waals surface area contributed by atoms with Gasteiger partial charge in [0.2, 0.25) is 0 Å². The highest BCUT2D eigenvalue weighted by atomic mass is 32.2. The van der Waals surface area contributed by atoms with Crippen LogP contribution >= 0.6 is 0 Å². The monoisotopic (exact) mass is 265 g/mol. The van der Waals surface area contributed by atoms with E-state index in [4.69, 9.17) is 0 Å². The van der Waals surface area contributed by atoms with Crippen LogP contribution in [0.15, 0.2) is 29.2 Å². The molecule has 1 aromatic heterocycles. The minimum absolute atomic E-state index is 0.211. The number of hydrogen-bond acceptors (Lipinski definition) is 3. The van der Waals surface area contributed by atoms with Gasteiger partial charge in [0.15, 0.2) is 0 Å². The lowest BCUT2D eigenvalue weighted by atomic mass is 10.2. The molecule has 0 unspecified atom stereocenters. The molecule has 18 heavy (non-hydrogen) atoms. The molecule has 2 rings (SSSR count). The Balaban J connectivity index is 2.36. The van der Waals surface area contributed by atoms with Crippen LogP contribution < -0.4 is 4.72 Å². The lowest BCUT2D eigenvalue weighted by Gasteiger charge is -2.08. The van der Waals surface area contributed by atoms with Crippen LogP contribution in [0, 0.1) is 20.8 Å². The summed E-state index contributed by atoms with van der Waals surface area (Å²) >= 11 is 0. The van der Waals surface area contributed by atoms with Crippen molar-refractivity contribution in [3.05, 3.63) is 41.2 Å². The molecule has 0 amide bonds. The standard InChI is InChI=1S/C12H15N3O2S/c1-8-4-6-11(7-5-8)15-18(16,17)12-9(2)13-14-10(12)3/h4-7,15H,1-3H3,(H,13,14). The van der Waals surface area contributed by atoms with Gasteiger partial charge in [-0.1, -0.05) is 17.7 Å². The molecule has 0 aliphatic heterocycles. The Morgan fingerprint density at radius 1 is 1.11 bits per heavy atom. The van der Waals surface area contributed by atoms with Crippen molar-refractivity contribution in [2.75, 3.05) is 4.72 Å². The van der Waals surface area contributed by atoms with E-state index in [0.29, 0.717) is 17.1 Å². The van der Waals surface area contributed by atoms with E-state index in [-0.39, 0.29) is 4.90 Å². The van der Waals surface area contributed by atoms with Gasteiger partial charge in [-0.25, -0.2) is 8.42 Å². The van der Waals surface area contributed by atoms with E-state index >= 15 is 0 Å². The zero-order valence-corrected chi connectivity index (χ0v) is 11.3. The van der Waals surface area contributed by atoms with Crippen molar-refractivity contribution in [1.82, 2.24) is 10.2 Å². The van der Waals surface area contributed by atoms with Crippen LogP contribution in [0.25, 0.3) is 0 Å². The molecule has 5 nitrogen and oxygen atoms in total. The maximum atomic E-state index is 12.2. The van der Waals surface area contributed by atoms with Gasteiger partial charge in [-0.3, -0.25) is 9.82 Å². The van der Waals surface area contributed by atoms with Gasteiger partial charge in [0.25, 0.3) is 10.0 Å². The van der Waals surface area contributed by atoms with Crippen molar-refractivity contribution in [2.24, 2.45) is 0 Å².